The van der Waals surface area contributed by atoms with Gasteiger partial charge in [0.1, 0.15) is 29.7 Å². The van der Waals surface area contributed by atoms with E-state index in [1.165, 1.54) is 12.1 Å². The number of amides is 1. The van der Waals surface area contributed by atoms with Gasteiger partial charge in [-0.25, -0.2) is 4.39 Å². The third kappa shape index (κ3) is 6.07. The molecule has 158 valence electrons. The molecule has 0 aliphatic heterocycles. The zero-order valence-electron chi connectivity index (χ0n) is 17.1. The molecular weight excluding hydrogens is 387 g/mol. The number of ether oxygens (including phenoxy) is 2. The molecule has 0 saturated carbocycles. The average molecular weight is 412 g/mol. The molecule has 1 heterocycles. The predicted octanol–water partition coefficient (Wildman–Crippen LogP) is 4.60. The highest BCUT2D eigenvalue weighted by Gasteiger charge is 2.11. The first-order valence-corrected chi connectivity index (χ1v) is 9.84. The fourth-order valence-corrected chi connectivity index (χ4v) is 2.84. The fraction of sp³-hybridized carbons (Fsp3) is 0.304. The summed E-state index contributed by atoms with van der Waals surface area (Å²) in [5.74, 6) is 1.52. The number of nitrogens with one attached hydrogen (secondary N) is 1. The maximum Gasteiger partial charge on any atom is 0.251 e. The maximum atomic E-state index is 12.8. The van der Waals surface area contributed by atoms with E-state index in [9.17, 15) is 9.18 Å². The van der Waals surface area contributed by atoms with Gasteiger partial charge in [-0.2, -0.15) is 0 Å². The fourth-order valence-electron chi connectivity index (χ4n) is 2.84. The quantitative estimate of drug-likeness (QED) is 0.493. The Balaban J connectivity index is 1.38. The number of unbranched alkanes of at least 4 members (excludes halogenated alkanes) is 1. The van der Waals surface area contributed by atoms with Crippen LogP contribution >= 0.6 is 0 Å². The molecule has 1 aromatic heterocycles. The molecule has 0 aliphatic carbocycles. The first-order chi connectivity index (χ1) is 14.5. The van der Waals surface area contributed by atoms with Crippen molar-refractivity contribution in [1.29, 1.82) is 0 Å². The van der Waals surface area contributed by atoms with E-state index >= 15 is 0 Å². The molecule has 3 rings (SSSR count). The van der Waals surface area contributed by atoms with Crippen molar-refractivity contribution in [2.24, 2.45) is 0 Å². The third-order valence-electron chi connectivity index (χ3n) is 4.60. The van der Waals surface area contributed by atoms with E-state index in [0.29, 0.717) is 36.8 Å². The van der Waals surface area contributed by atoms with Crippen LogP contribution in [0.15, 0.2) is 53.1 Å². The Hall–Kier alpha value is -3.35. The van der Waals surface area contributed by atoms with Crippen molar-refractivity contribution in [1.82, 2.24) is 10.5 Å². The molecule has 0 saturated heterocycles. The zero-order chi connectivity index (χ0) is 21.3. The van der Waals surface area contributed by atoms with Gasteiger partial charge in [0, 0.05) is 12.1 Å². The Kier molecular flexibility index (Phi) is 7.43. The minimum Gasteiger partial charge on any atom is -0.494 e. The van der Waals surface area contributed by atoms with Crippen LogP contribution in [0.1, 0.15) is 40.2 Å². The number of benzene rings is 2. The molecule has 6 nitrogen and oxygen atoms in total. The van der Waals surface area contributed by atoms with Gasteiger partial charge in [0.25, 0.3) is 5.91 Å². The Morgan fingerprint density at radius 1 is 1.07 bits per heavy atom. The molecule has 0 aliphatic rings. The largest absolute Gasteiger partial charge is 0.494 e. The molecular formula is C23H25FN2O4. The van der Waals surface area contributed by atoms with Crippen LogP contribution in [0.2, 0.25) is 0 Å². The molecule has 30 heavy (non-hydrogen) atoms. The van der Waals surface area contributed by atoms with Gasteiger partial charge in [0.05, 0.1) is 17.9 Å². The SMILES string of the molecule is Cc1noc(C)c1COc1cccc(C(=O)NCCCCOc2ccc(F)cc2)c1. The topological polar surface area (TPSA) is 73.6 Å². The number of aromatic nitrogens is 1. The second kappa shape index (κ2) is 10.4. The first kappa shape index (κ1) is 21.4. The molecule has 7 heteroatoms. The Morgan fingerprint density at radius 3 is 2.60 bits per heavy atom. The molecule has 0 radical (unpaired) electrons. The standard InChI is InChI=1S/C23H25FN2O4/c1-16-22(17(2)30-26-16)15-29-21-7-5-6-18(14-21)23(27)25-12-3-4-13-28-20-10-8-19(24)9-11-20/h5-11,14H,3-4,12-13,15H2,1-2H3,(H,25,27). The predicted molar refractivity (Wildman–Crippen MR) is 110 cm³/mol. The number of nitrogens with zero attached hydrogens (tertiary/aromatic N) is 1. The molecule has 0 fully saturated rings. The summed E-state index contributed by atoms with van der Waals surface area (Å²) in [4.78, 5) is 12.4. The highest BCUT2D eigenvalue weighted by atomic mass is 19.1. The van der Waals surface area contributed by atoms with E-state index in [1.54, 1.807) is 30.3 Å². The number of halogens is 1. The summed E-state index contributed by atoms with van der Waals surface area (Å²) in [6.07, 6.45) is 1.55. The van der Waals surface area contributed by atoms with Gasteiger partial charge < -0.3 is 19.3 Å². The lowest BCUT2D eigenvalue weighted by molar-refractivity contribution is 0.0952. The molecule has 0 spiro atoms. The van der Waals surface area contributed by atoms with Crippen molar-refractivity contribution in [2.45, 2.75) is 33.3 Å². The molecule has 0 atom stereocenters. The van der Waals surface area contributed by atoms with Gasteiger partial charge in [-0.1, -0.05) is 11.2 Å². The van der Waals surface area contributed by atoms with Gasteiger partial charge in [0.15, 0.2) is 0 Å². The highest BCUT2D eigenvalue weighted by Crippen LogP contribution is 2.18. The second-order valence-electron chi connectivity index (χ2n) is 6.88. The number of carbonyl (C=O) groups excluding carboxylic acids is 1. The monoisotopic (exact) mass is 412 g/mol. The van der Waals surface area contributed by atoms with Crippen molar-refractivity contribution in [3.05, 3.63) is 76.9 Å². The summed E-state index contributed by atoms with van der Waals surface area (Å²) >= 11 is 0. The minimum absolute atomic E-state index is 0.155. The number of aryl methyl sites for hydroxylation is 2. The van der Waals surface area contributed by atoms with E-state index in [-0.39, 0.29) is 11.7 Å². The average Bonchev–Trinajstić information content (AvgIpc) is 3.07. The van der Waals surface area contributed by atoms with Crippen LogP contribution < -0.4 is 14.8 Å². The van der Waals surface area contributed by atoms with Gasteiger partial charge in [0.2, 0.25) is 0 Å². The lowest BCUT2D eigenvalue weighted by Gasteiger charge is -2.09. The maximum absolute atomic E-state index is 12.8. The van der Waals surface area contributed by atoms with E-state index in [0.717, 1.165) is 29.9 Å². The lowest BCUT2D eigenvalue weighted by atomic mass is 10.2. The summed E-state index contributed by atoms with van der Waals surface area (Å²) in [6.45, 7) is 5.08. The van der Waals surface area contributed by atoms with E-state index in [1.807, 2.05) is 19.9 Å². The number of rotatable bonds is 10. The van der Waals surface area contributed by atoms with Crippen LogP contribution in [0, 0.1) is 19.7 Å². The number of hydrogen-bond donors (Lipinski definition) is 1. The summed E-state index contributed by atoms with van der Waals surface area (Å²) < 4.78 is 29.3. The second-order valence-corrected chi connectivity index (χ2v) is 6.88. The third-order valence-corrected chi connectivity index (χ3v) is 4.60. The summed E-state index contributed by atoms with van der Waals surface area (Å²) in [6, 6.07) is 13.0. The molecule has 2 aromatic carbocycles. The number of carbonyl (C=O) groups is 1. The zero-order valence-corrected chi connectivity index (χ0v) is 17.1. The summed E-state index contributed by atoms with van der Waals surface area (Å²) in [5.41, 5.74) is 2.24. The van der Waals surface area contributed by atoms with Gasteiger partial charge >= 0.3 is 0 Å². The first-order valence-electron chi connectivity index (χ1n) is 9.84. The van der Waals surface area contributed by atoms with Crippen molar-refractivity contribution < 1.29 is 23.2 Å². The molecule has 1 amide bonds. The van der Waals surface area contributed by atoms with Crippen LogP contribution in [0.4, 0.5) is 4.39 Å². The smallest absolute Gasteiger partial charge is 0.251 e. The molecule has 1 N–H and O–H groups in total. The summed E-state index contributed by atoms with van der Waals surface area (Å²) in [7, 11) is 0. The lowest BCUT2D eigenvalue weighted by Crippen LogP contribution is -2.24. The minimum atomic E-state index is -0.289. The highest BCUT2D eigenvalue weighted by molar-refractivity contribution is 5.94. The Bertz CT molecular complexity index is 950. The van der Waals surface area contributed by atoms with Gasteiger partial charge in [-0.05, 0) is 69.2 Å². The van der Waals surface area contributed by atoms with Crippen LogP contribution in [0.3, 0.4) is 0 Å². The Morgan fingerprint density at radius 2 is 1.87 bits per heavy atom. The van der Waals surface area contributed by atoms with Gasteiger partial charge in [-0.15, -0.1) is 0 Å². The van der Waals surface area contributed by atoms with Crippen LogP contribution in [0.25, 0.3) is 0 Å². The summed E-state index contributed by atoms with van der Waals surface area (Å²) in [5, 5.41) is 6.80. The van der Waals surface area contributed by atoms with E-state index in [2.05, 4.69) is 10.5 Å². The van der Waals surface area contributed by atoms with Crippen LogP contribution in [0.5, 0.6) is 11.5 Å². The normalized spacial score (nSPS) is 10.6. The van der Waals surface area contributed by atoms with Crippen molar-refractivity contribution in [2.75, 3.05) is 13.2 Å². The molecule has 0 bridgehead atoms. The van der Waals surface area contributed by atoms with Crippen molar-refractivity contribution in [3.8, 4) is 11.5 Å². The van der Waals surface area contributed by atoms with E-state index < -0.39 is 0 Å². The van der Waals surface area contributed by atoms with Crippen molar-refractivity contribution in [3.63, 3.8) is 0 Å². The van der Waals surface area contributed by atoms with Gasteiger partial charge in [-0.3, -0.25) is 4.79 Å². The molecule has 3 aromatic rings. The number of hydrogen-bond acceptors (Lipinski definition) is 5. The van der Waals surface area contributed by atoms with Crippen molar-refractivity contribution >= 4 is 5.91 Å². The van der Waals surface area contributed by atoms with Crippen LogP contribution in [-0.4, -0.2) is 24.2 Å². The van der Waals surface area contributed by atoms with E-state index in [4.69, 9.17) is 14.0 Å². The molecule has 0 unspecified atom stereocenters. The van der Waals surface area contributed by atoms with Crippen LogP contribution in [-0.2, 0) is 6.61 Å². The Labute approximate surface area is 175 Å².